The number of hydrogen-bond donors (Lipinski definition) is 3. The highest BCUT2D eigenvalue weighted by molar-refractivity contribution is 7.15. The van der Waals surface area contributed by atoms with Crippen LogP contribution in [0.15, 0.2) is 30.6 Å². The van der Waals surface area contributed by atoms with Crippen molar-refractivity contribution in [3.63, 3.8) is 0 Å². The van der Waals surface area contributed by atoms with Gasteiger partial charge in [-0.25, -0.2) is 19.7 Å². The molecule has 1 aliphatic heterocycles. The lowest BCUT2D eigenvalue weighted by atomic mass is 10.1. The van der Waals surface area contributed by atoms with Gasteiger partial charge in [0.1, 0.15) is 10.6 Å². The van der Waals surface area contributed by atoms with Gasteiger partial charge in [0, 0.05) is 24.8 Å². The van der Waals surface area contributed by atoms with Gasteiger partial charge < -0.3 is 21.1 Å². The first-order chi connectivity index (χ1) is 14.2. The van der Waals surface area contributed by atoms with Gasteiger partial charge >= 0.3 is 6.03 Å². The van der Waals surface area contributed by atoms with Gasteiger partial charge in [0.05, 0.1) is 28.3 Å². The summed E-state index contributed by atoms with van der Waals surface area (Å²) in [7, 11) is 0. The fraction of sp³-hybridized carbons (Fsp3) is 0.300. The van der Waals surface area contributed by atoms with Crippen molar-refractivity contribution in [2.75, 3.05) is 18.4 Å². The van der Waals surface area contributed by atoms with E-state index in [1.54, 1.807) is 12.4 Å². The fourth-order valence-electron chi connectivity index (χ4n) is 3.42. The number of primary amides is 1. The number of benzene rings is 1. The van der Waals surface area contributed by atoms with Gasteiger partial charge in [-0.05, 0) is 37.1 Å². The Bertz CT molecular complexity index is 1120. The summed E-state index contributed by atoms with van der Waals surface area (Å²) in [4.78, 5) is 26.8. The molecule has 1 atom stereocenters. The number of aryl methyl sites for hydroxylation is 2. The number of nitrogens with one attached hydrogen (secondary N) is 1. The lowest BCUT2D eigenvalue weighted by Crippen LogP contribution is -2.37. The molecule has 0 saturated carbocycles. The lowest BCUT2D eigenvalue weighted by Gasteiger charge is -2.19. The number of halogens is 1. The van der Waals surface area contributed by atoms with Crippen molar-refractivity contribution in [3.05, 3.63) is 51.9 Å². The molecular formula is C20H21ClN6O2S. The third-order valence-corrected chi connectivity index (χ3v) is 6.61. The van der Waals surface area contributed by atoms with Crippen LogP contribution in [-0.2, 0) is 5.60 Å². The molecule has 2 aromatic heterocycles. The molecule has 0 spiro atoms. The first-order valence-corrected chi connectivity index (χ1v) is 10.5. The highest BCUT2D eigenvalue weighted by atomic mass is 35.5. The SMILES string of the molecule is Cc1cc(Nc2ncc(Cl)c(C)n2)cc(-c2cnc(C3(O)CCN(C(N)=O)C3)s2)c1. The number of β-amino-alcohol motifs (C(OH)–C–C–N with tert-alkyl or cyclic N) is 1. The maximum Gasteiger partial charge on any atom is 0.314 e. The molecule has 0 aliphatic carbocycles. The largest absolute Gasteiger partial charge is 0.381 e. The Morgan fingerprint density at radius 2 is 2.10 bits per heavy atom. The van der Waals surface area contributed by atoms with E-state index >= 15 is 0 Å². The second-order valence-corrected chi connectivity index (χ2v) is 8.85. The molecule has 10 heteroatoms. The van der Waals surface area contributed by atoms with Crippen LogP contribution in [0.3, 0.4) is 0 Å². The van der Waals surface area contributed by atoms with Gasteiger partial charge in [-0.1, -0.05) is 17.7 Å². The molecule has 1 aliphatic rings. The predicted octanol–water partition coefficient (Wildman–Crippen LogP) is 3.59. The zero-order valence-electron chi connectivity index (χ0n) is 16.5. The molecule has 8 nitrogen and oxygen atoms in total. The van der Waals surface area contributed by atoms with Crippen molar-refractivity contribution >= 4 is 40.6 Å². The average molecular weight is 445 g/mol. The summed E-state index contributed by atoms with van der Waals surface area (Å²) < 4.78 is 0. The summed E-state index contributed by atoms with van der Waals surface area (Å²) in [6.07, 6.45) is 3.72. The maximum absolute atomic E-state index is 11.4. The molecule has 3 heterocycles. The van der Waals surface area contributed by atoms with Crippen molar-refractivity contribution in [3.8, 4) is 10.4 Å². The van der Waals surface area contributed by atoms with Gasteiger partial charge in [-0.3, -0.25) is 0 Å². The Balaban J connectivity index is 1.59. The number of aliphatic hydroxyl groups is 1. The monoisotopic (exact) mass is 444 g/mol. The van der Waals surface area contributed by atoms with E-state index in [0.29, 0.717) is 34.6 Å². The third kappa shape index (κ3) is 4.09. The maximum atomic E-state index is 11.4. The van der Waals surface area contributed by atoms with E-state index in [-0.39, 0.29) is 6.54 Å². The molecule has 30 heavy (non-hydrogen) atoms. The van der Waals surface area contributed by atoms with Crippen molar-refractivity contribution in [1.29, 1.82) is 0 Å². The summed E-state index contributed by atoms with van der Waals surface area (Å²) >= 11 is 7.41. The van der Waals surface area contributed by atoms with Gasteiger partial charge in [-0.2, -0.15) is 0 Å². The molecular weight excluding hydrogens is 424 g/mol. The number of carbonyl (C=O) groups is 1. The van der Waals surface area contributed by atoms with Crippen LogP contribution in [0.4, 0.5) is 16.4 Å². The van der Waals surface area contributed by atoms with Crippen LogP contribution < -0.4 is 11.1 Å². The Morgan fingerprint density at radius 1 is 1.30 bits per heavy atom. The first-order valence-electron chi connectivity index (χ1n) is 9.35. The third-order valence-electron chi connectivity index (χ3n) is 5.00. The summed E-state index contributed by atoms with van der Waals surface area (Å²) in [6.45, 7) is 4.39. The topological polar surface area (TPSA) is 117 Å². The van der Waals surface area contributed by atoms with E-state index in [1.807, 2.05) is 32.0 Å². The Kier molecular flexibility index (Phi) is 5.35. The zero-order valence-corrected chi connectivity index (χ0v) is 18.1. The number of anilines is 2. The smallest absolute Gasteiger partial charge is 0.314 e. The van der Waals surface area contributed by atoms with E-state index in [0.717, 1.165) is 21.7 Å². The van der Waals surface area contributed by atoms with Gasteiger partial charge in [0.25, 0.3) is 0 Å². The standard InChI is InChI=1S/C20H21ClN6O2S/c1-11-5-13(7-14(6-11)26-19-24-8-15(21)12(2)25-19)16-9-23-17(30-16)20(29)3-4-27(10-20)18(22)28/h5-9,29H,3-4,10H2,1-2H3,(H2,22,28)(H,24,25,26). The number of nitrogens with two attached hydrogens (primary N) is 1. The van der Waals surface area contributed by atoms with E-state index in [4.69, 9.17) is 17.3 Å². The number of hydrogen-bond acceptors (Lipinski definition) is 7. The van der Waals surface area contributed by atoms with Gasteiger partial charge in [-0.15, -0.1) is 11.3 Å². The summed E-state index contributed by atoms with van der Waals surface area (Å²) in [5.74, 6) is 0.463. The van der Waals surface area contributed by atoms with Crippen LogP contribution >= 0.6 is 22.9 Å². The minimum absolute atomic E-state index is 0.156. The zero-order chi connectivity index (χ0) is 21.5. The molecule has 4 N–H and O–H groups in total. The van der Waals surface area contributed by atoms with E-state index < -0.39 is 11.6 Å². The number of rotatable bonds is 4. The van der Waals surface area contributed by atoms with Crippen LogP contribution in [0.25, 0.3) is 10.4 Å². The second-order valence-electron chi connectivity index (χ2n) is 7.41. The number of thiazole rings is 1. The number of urea groups is 1. The Labute approximate surface area is 182 Å². The van der Waals surface area contributed by atoms with Crippen LogP contribution in [0, 0.1) is 13.8 Å². The molecule has 156 valence electrons. The van der Waals surface area contributed by atoms with Crippen molar-refractivity contribution < 1.29 is 9.90 Å². The van der Waals surface area contributed by atoms with E-state index in [9.17, 15) is 9.90 Å². The van der Waals surface area contributed by atoms with Gasteiger partial charge in [0.15, 0.2) is 0 Å². The lowest BCUT2D eigenvalue weighted by molar-refractivity contribution is 0.0496. The van der Waals surface area contributed by atoms with E-state index in [1.165, 1.54) is 16.2 Å². The molecule has 1 fully saturated rings. The number of aromatic nitrogens is 3. The fourth-order valence-corrected chi connectivity index (χ4v) is 4.52. The highest BCUT2D eigenvalue weighted by Gasteiger charge is 2.41. The minimum Gasteiger partial charge on any atom is -0.381 e. The molecule has 1 unspecified atom stereocenters. The van der Waals surface area contributed by atoms with Crippen LogP contribution in [0.2, 0.25) is 5.02 Å². The molecule has 4 rings (SSSR count). The van der Waals surface area contributed by atoms with Crippen LogP contribution in [-0.4, -0.2) is 44.1 Å². The Morgan fingerprint density at radius 3 is 2.80 bits per heavy atom. The average Bonchev–Trinajstić information content (AvgIpc) is 3.33. The number of likely N-dealkylation sites (tertiary alicyclic amines) is 1. The number of nitrogens with zero attached hydrogens (tertiary/aromatic N) is 4. The predicted molar refractivity (Wildman–Crippen MR) is 117 cm³/mol. The second kappa shape index (κ2) is 7.82. The van der Waals surface area contributed by atoms with Crippen molar-refractivity contribution in [1.82, 2.24) is 19.9 Å². The normalized spacial score (nSPS) is 18.6. The summed E-state index contributed by atoms with van der Waals surface area (Å²) in [5.41, 5.74) is 7.71. The molecule has 0 radical (unpaired) electrons. The first kappa shape index (κ1) is 20.5. The summed E-state index contributed by atoms with van der Waals surface area (Å²) in [5, 5.41) is 15.3. The van der Waals surface area contributed by atoms with Crippen LogP contribution in [0.5, 0.6) is 0 Å². The Hall–Kier alpha value is -2.75. The minimum atomic E-state index is -1.17. The molecule has 1 saturated heterocycles. The molecule has 0 bridgehead atoms. The molecule has 1 aromatic carbocycles. The summed E-state index contributed by atoms with van der Waals surface area (Å²) in [6, 6.07) is 5.49. The number of carbonyl (C=O) groups excluding carboxylic acids is 1. The molecule has 2 amide bonds. The van der Waals surface area contributed by atoms with Crippen LogP contribution in [0.1, 0.15) is 22.7 Å². The van der Waals surface area contributed by atoms with Gasteiger partial charge in [0.2, 0.25) is 5.95 Å². The van der Waals surface area contributed by atoms with E-state index in [2.05, 4.69) is 20.3 Å². The van der Waals surface area contributed by atoms with Crippen molar-refractivity contribution in [2.24, 2.45) is 5.73 Å². The molecule has 3 aromatic rings. The highest BCUT2D eigenvalue weighted by Crippen LogP contribution is 2.38. The number of amides is 2. The quantitative estimate of drug-likeness (QED) is 0.566. The van der Waals surface area contributed by atoms with Crippen molar-refractivity contribution in [2.45, 2.75) is 25.9 Å².